The van der Waals surface area contributed by atoms with E-state index >= 15 is 0 Å². The van der Waals surface area contributed by atoms with Crippen LogP contribution in [0.5, 0.6) is 0 Å². The summed E-state index contributed by atoms with van der Waals surface area (Å²) in [5.74, 6) is 0.876. The van der Waals surface area contributed by atoms with Gasteiger partial charge >= 0.3 is 0 Å². The van der Waals surface area contributed by atoms with Crippen LogP contribution >= 0.6 is 0 Å². The van der Waals surface area contributed by atoms with Crippen molar-refractivity contribution in [3.63, 3.8) is 0 Å². The maximum Gasteiger partial charge on any atom is 0.0361 e. The van der Waals surface area contributed by atoms with Crippen molar-refractivity contribution in [3.05, 3.63) is 29.8 Å². The van der Waals surface area contributed by atoms with Gasteiger partial charge in [-0.1, -0.05) is 12.1 Å². The third kappa shape index (κ3) is 1.45. The Kier molecular flexibility index (Phi) is 1.80. The highest BCUT2D eigenvalue weighted by molar-refractivity contribution is 5.47. The Hall–Kier alpha value is -0.980. The first kappa shape index (κ1) is 7.66. The van der Waals surface area contributed by atoms with Crippen LogP contribution in [0.3, 0.4) is 0 Å². The van der Waals surface area contributed by atoms with Crippen molar-refractivity contribution in [1.82, 2.24) is 0 Å². The Morgan fingerprint density at radius 3 is 2.08 bits per heavy atom. The van der Waals surface area contributed by atoms with Crippen LogP contribution < -0.4 is 4.90 Å². The van der Waals surface area contributed by atoms with Gasteiger partial charge in [-0.05, 0) is 36.5 Å². The van der Waals surface area contributed by atoms with Gasteiger partial charge in [0.2, 0.25) is 0 Å². The van der Waals surface area contributed by atoms with Crippen molar-refractivity contribution < 1.29 is 0 Å². The molecule has 1 aromatic carbocycles. The molecule has 1 heteroatoms. The van der Waals surface area contributed by atoms with Gasteiger partial charge in [-0.25, -0.2) is 0 Å². The highest BCUT2D eigenvalue weighted by Crippen LogP contribution is 2.40. The minimum Gasteiger partial charge on any atom is -0.378 e. The number of nitrogens with zero attached hydrogens (tertiary/aromatic N) is 1. The quantitative estimate of drug-likeness (QED) is 0.644. The molecule has 0 bridgehead atoms. The van der Waals surface area contributed by atoms with Gasteiger partial charge in [-0.3, -0.25) is 0 Å². The molecule has 0 saturated heterocycles. The van der Waals surface area contributed by atoms with Crippen LogP contribution in [0.25, 0.3) is 0 Å². The molecule has 1 aliphatic rings. The highest BCUT2D eigenvalue weighted by Gasteiger charge is 2.22. The van der Waals surface area contributed by atoms with Crippen LogP contribution in [-0.4, -0.2) is 14.1 Å². The second-order valence-electron chi connectivity index (χ2n) is 3.76. The fraction of sp³-hybridized carbons (Fsp3) is 0.455. The van der Waals surface area contributed by atoms with Crippen LogP contribution in [0.15, 0.2) is 24.3 Å². The monoisotopic (exact) mass is 161 g/mol. The maximum absolute atomic E-state index is 2.26. The van der Waals surface area contributed by atoms with E-state index in [-0.39, 0.29) is 0 Å². The predicted molar refractivity (Wildman–Crippen MR) is 52.7 cm³/mol. The fourth-order valence-corrected chi connectivity index (χ4v) is 1.46. The van der Waals surface area contributed by atoms with E-state index in [1.807, 2.05) is 0 Å². The van der Waals surface area contributed by atoms with E-state index in [4.69, 9.17) is 0 Å². The molecular formula is C11H15N. The second-order valence-corrected chi connectivity index (χ2v) is 3.76. The SMILES string of the molecule is CN(C)c1ccc(C2CC2)cc1. The van der Waals surface area contributed by atoms with Gasteiger partial charge in [0.15, 0.2) is 0 Å². The second kappa shape index (κ2) is 2.81. The van der Waals surface area contributed by atoms with E-state index in [2.05, 4.69) is 43.3 Å². The van der Waals surface area contributed by atoms with Crippen LogP contribution in [0.2, 0.25) is 0 Å². The van der Waals surface area contributed by atoms with E-state index < -0.39 is 0 Å². The molecule has 1 nitrogen and oxygen atoms in total. The van der Waals surface area contributed by atoms with Crippen molar-refractivity contribution in [1.29, 1.82) is 0 Å². The van der Waals surface area contributed by atoms with Crippen molar-refractivity contribution >= 4 is 5.69 Å². The first-order valence-electron chi connectivity index (χ1n) is 4.54. The number of anilines is 1. The first-order chi connectivity index (χ1) is 5.77. The number of rotatable bonds is 2. The Labute approximate surface area is 74.0 Å². The summed E-state index contributed by atoms with van der Waals surface area (Å²) in [7, 11) is 4.15. The molecule has 0 unspecified atom stereocenters. The molecular weight excluding hydrogens is 146 g/mol. The van der Waals surface area contributed by atoms with Crippen molar-refractivity contribution in [2.75, 3.05) is 19.0 Å². The molecule has 2 rings (SSSR count). The molecule has 64 valence electrons. The first-order valence-corrected chi connectivity index (χ1v) is 4.54. The molecule has 1 fully saturated rings. The lowest BCUT2D eigenvalue weighted by atomic mass is 10.1. The summed E-state index contributed by atoms with van der Waals surface area (Å²) in [6.07, 6.45) is 2.78. The number of hydrogen-bond donors (Lipinski definition) is 0. The molecule has 1 aliphatic carbocycles. The van der Waals surface area contributed by atoms with Gasteiger partial charge in [0.25, 0.3) is 0 Å². The Morgan fingerprint density at radius 2 is 1.67 bits per heavy atom. The summed E-state index contributed by atoms with van der Waals surface area (Å²) >= 11 is 0. The van der Waals surface area contributed by atoms with Gasteiger partial charge < -0.3 is 4.90 Å². The van der Waals surface area contributed by atoms with E-state index in [1.54, 1.807) is 0 Å². The zero-order valence-electron chi connectivity index (χ0n) is 7.75. The highest BCUT2D eigenvalue weighted by atomic mass is 15.1. The van der Waals surface area contributed by atoms with Crippen molar-refractivity contribution in [2.24, 2.45) is 0 Å². The molecule has 0 N–H and O–H groups in total. The number of hydrogen-bond acceptors (Lipinski definition) is 1. The average Bonchev–Trinajstić information content (AvgIpc) is 2.87. The molecule has 0 heterocycles. The largest absolute Gasteiger partial charge is 0.378 e. The van der Waals surface area contributed by atoms with E-state index in [0.29, 0.717) is 0 Å². The van der Waals surface area contributed by atoms with Crippen molar-refractivity contribution in [2.45, 2.75) is 18.8 Å². The fourth-order valence-electron chi connectivity index (χ4n) is 1.46. The topological polar surface area (TPSA) is 3.24 Å². The van der Waals surface area contributed by atoms with Gasteiger partial charge in [0.1, 0.15) is 0 Å². The van der Waals surface area contributed by atoms with Crippen LogP contribution in [0, 0.1) is 0 Å². The zero-order chi connectivity index (χ0) is 8.55. The Morgan fingerprint density at radius 1 is 1.08 bits per heavy atom. The van der Waals surface area contributed by atoms with Gasteiger partial charge in [0.05, 0.1) is 0 Å². The lowest BCUT2D eigenvalue weighted by Gasteiger charge is -2.12. The Bertz CT molecular complexity index is 236. The van der Waals surface area contributed by atoms with E-state index in [1.165, 1.54) is 24.1 Å². The van der Waals surface area contributed by atoms with E-state index in [0.717, 1.165) is 5.92 Å². The number of benzene rings is 1. The standard InChI is InChI=1S/C11H15N/c1-12(2)11-7-5-10(6-8-11)9-3-4-9/h5-9H,3-4H2,1-2H3. The molecule has 0 amide bonds. The molecule has 12 heavy (non-hydrogen) atoms. The van der Waals surface area contributed by atoms with Gasteiger partial charge in [-0.15, -0.1) is 0 Å². The lowest BCUT2D eigenvalue weighted by Crippen LogP contribution is -2.08. The third-order valence-electron chi connectivity index (χ3n) is 2.46. The lowest BCUT2D eigenvalue weighted by molar-refractivity contribution is 1.10. The summed E-state index contributed by atoms with van der Waals surface area (Å²) in [5.41, 5.74) is 2.81. The summed E-state index contributed by atoms with van der Waals surface area (Å²) in [5, 5.41) is 0. The molecule has 0 radical (unpaired) electrons. The molecule has 0 atom stereocenters. The van der Waals surface area contributed by atoms with Gasteiger partial charge in [-0.2, -0.15) is 0 Å². The zero-order valence-corrected chi connectivity index (χ0v) is 7.75. The summed E-state index contributed by atoms with van der Waals surface area (Å²) in [6, 6.07) is 8.92. The molecule has 0 spiro atoms. The minimum atomic E-state index is 0.876. The predicted octanol–water partition coefficient (Wildman–Crippen LogP) is 2.63. The van der Waals surface area contributed by atoms with Crippen LogP contribution in [-0.2, 0) is 0 Å². The molecule has 0 aliphatic heterocycles. The summed E-state index contributed by atoms with van der Waals surface area (Å²) in [6.45, 7) is 0. The molecule has 0 aromatic heterocycles. The molecule has 1 aromatic rings. The molecule has 1 saturated carbocycles. The van der Waals surface area contributed by atoms with Crippen LogP contribution in [0.4, 0.5) is 5.69 Å². The van der Waals surface area contributed by atoms with Gasteiger partial charge in [0, 0.05) is 19.8 Å². The third-order valence-corrected chi connectivity index (χ3v) is 2.46. The summed E-state index contributed by atoms with van der Waals surface area (Å²) < 4.78 is 0. The minimum absolute atomic E-state index is 0.876. The maximum atomic E-state index is 2.26. The van der Waals surface area contributed by atoms with Crippen LogP contribution in [0.1, 0.15) is 24.3 Å². The van der Waals surface area contributed by atoms with Crippen molar-refractivity contribution in [3.8, 4) is 0 Å². The summed E-state index contributed by atoms with van der Waals surface area (Å²) in [4.78, 5) is 2.14. The average molecular weight is 161 g/mol. The van der Waals surface area contributed by atoms with E-state index in [9.17, 15) is 0 Å². The normalized spacial score (nSPS) is 16.2. The Balaban J connectivity index is 2.18. The smallest absolute Gasteiger partial charge is 0.0361 e.